The predicted octanol–water partition coefficient (Wildman–Crippen LogP) is 15.8. The Hall–Kier alpha value is -9.13. The number of fused-ring (bicyclic) bond motifs is 10. The maximum Gasteiger partial charge on any atom is 0.170 e. The number of furan rings is 1. The number of benzene rings is 10. The Morgan fingerprint density at radius 1 is 0.343 bits per heavy atom. The molecule has 0 aliphatic heterocycles. The van der Waals surface area contributed by atoms with Gasteiger partial charge in [0.1, 0.15) is 11.2 Å². The molecule has 10 aromatic carbocycles. The highest BCUT2D eigenvalue weighted by molar-refractivity contribution is 6.17. The van der Waals surface area contributed by atoms with E-state index in [0.717, 1.165) is 99.2 Å². The summed E-state index contributed by atoms with van der Waals surface area (Å²) < 4.78 is 11.7. The van der Waals surface area contributed by atoms with E-state index in [1.807, 2.05) is 18.2 Å². The Bertz CT molecular complexity index is 4280. The third kappa shape index (κ3) is 5.80. The third-order valence-electron chi connectivity index (χ3n) is 13.3. The zero-order valence-electron chi connectivity index (χ0n) is 36.0. The molecule has 0 unspecified atom stereocenters. The maximum atomic E-state index is 7.01. The zero-order valence-corrected chi connectivity index (χ0v) is 36.0. The van der Waals surface area contributed by atoms with Gasteiger partial charge in [-0.1, -0.05) is 158 Å². The van der Waals surface area contributed by atoms with E-state index in [1.54, 1.807) is 0 Å². The Balaban J connectivity index is 1.12. The lowest BCUT2D eigenvalue weighted by Crippen LogP contribution is -2.05. The van der Waals surface area contributed by atoms with Crippen molar-refractivity contribution < 1.29 is 4.42 Å². The minimum Gasteiger partial charge on any atom is -0.455 e. The summed E-state index contributed by atoms with van der Waals surface area (Å²) in [5.74, 6) is 1.63. The lowest BCUT2D eigenvalue weighted by atomic mass is 10.0. The van der Waals surface area contributed by atoms with Gasteiger partial charge in [-0.15, -0.1) is 0 Å². The lowest BCUT2D eigenvalue weighted by Gasteiger charge is -2.16. The molecule has 0 spiro atoms. The SMILES string of the molecule is c1ccc(-c2cccc(-c3nc(-c4c(-n5c6ccccc6c6cc7ccccc7cc65)ccc5c4oc4ccccc45)nc(-c4cccc5c6ccccc6n(-c6ccccc6)c45)n3)c2)cc1. The summed E-state index contributed by atoms with van der Waals surface area (Å²) in [6.07, 6.45) is 0. The van der Waals surface area contributed by atoms with Crippen molar-refractivity contribution >= 4 is 76.3 Å². The summed E-state index contributed by atoms with van der Waals surface area (Å²) in [6, 6.07) is 79.1. The molecular weight excluding hydrogens is 819 g/mol. The third-order valence-corrected chi connectivity index (χ3v) is 13.3. The topological polar surface area (TPSA) is 61.7 Å². The standard InChI is InChI=1S/C61H37N5O/c1-3-17-38(18-4-1)39-21-15-22-42(35-39)59-62-60(49-29-16-28-47-44-25-9-12-30-51(44)65(57(47)49)43-23-5-2-6-24-43)64-61(63-59)56-53(34-33-48-46-27-11-14-32-55(46)67-58(48)56)66-52-31-13-10-26-45(52)50-36-40-19-7-8-20-41(40)37-54(50)66/h1-37H. The van der Waals surface area contributed by atoms with Crippen LogP contribution in [-0.4, -0.2) is 24.1 Å². The van der Waals surface area contributed by atoms with Crippen molar-refractivity contribution in [3.63, 3.8) is 0 Å². The Morgan fingerprint density at radius 2 is 0.940 bits per heavy atom. The van der Waals surface area contributed by atoms with E-state index in [2.05, 4.69) is 215 Å². The van der Waals surface area contributed by atoms with Crippen molar-refractivity contribution in [3.05, 3.63) is 224 Å². The summed E-state index contributed by atoms with van der Waals surface area (Å²) in [4.78, 5) is 16.6. The van der Waals surface area contributed by atoms with Crippen LogP contribution in [0.1, 0.15) is 0 Å². The molecule has 0 N–H and O–H groups in total. The van der Waals surface area contributed by atoms with Gasteiger partial charge in [0.2, 0.25) is 0 Å². The Kier molecular flexibility index (Phi) is 8.18. The second-order valence-corrected chi connectivity index (χ2v) is 17.1. The van der Waals surface area contributed by atoms with E-state index >= 15 is 0 Å². The lowest BCUT2D eigenvalue weighted by molar-refractivity contribution is 0.669. The number of hydrogen-bond donors (Lipinski definition) is 0. The van der Waals surface area contributed by atoms with Gasteiger partial charge >= 0.3 is 0 Å². The Morgan fingerprint density at radius 3 is 1.76 bits per heavy atom. The number of para-hydroxylation sites is 5. The van der Waals surface area contributed by atoms with E-state index < -0.39 is 0 Å². The zero-order chi connectivity index (χ0) is 44.0. The molecule has 0 bridgehead atoms. The molecule has 0 saturated carbocycles. The fraction of sp³-hybridized carbons (Fsp3) is 0. The quantitative estimate of drug-likeness (QED) is 0.167. The second-order valence-electron chi connectivity index (χ2n) is 17.1. The molecule has 14 rings (SSSR count). The first-order valence-electron chi connectivity index (χ1n) is 22.6. The van der Waals surface area contributed by atoms with Crippen molar-refractivity contribution in [3.8, 4) is 56.7 Å². The van der Waals surface area contributed by atoms with Crippen LogP contribution in [0.3, 0.4) is 0 Å². The van der Waals surface area contributed by atoms with Crippen molar-refractivity contribution in [2.24, 2.45) is 0 Å². The van der Waals surface area contributed by atoms with Gasteiger partial charge in [-0.05, 0) is 88.6 Å². The normalized spacial score (nSPS) is 11.9. The minimum absolute atomic E-state index is 0.510. The van der Waals surface area contributed by atoms with Crippen molar-refractivity contribution in [1.29, 1.82) is 0 Å². The molecular formula is C61H37N5O. The van der Waals surface area contributed by atoms with Gasteiger partial charge in [-0.2, -0.15) is 0 Å². The van der Waals surface area contributed by atoms with Crippen LogP contribution in [0, 0.1) is 0 Å². The highest BCUT2D eigenvalue weighted by Gasteiger charge is 2.26. The van der Waals surface area contributed by atoms with Crippen molar-refractivity contribution in [2.75, 3.05) is 0 Å². The fourth-order valence-corrected chi connectivity index (χ4v) is 10.3. The van der Waals surface area contributed by atoms with Crippen LogP contribution in [0.5, 0.6) is 0 Å². The molecule has 67 heavy (non-hydrogen) atoms. The molecule has 4 aromatic heterocycles. The Labute approximate surface area is 384 Å². The fourth-order valence-electron chi connectivity index (χ4n) is 10.3. The first-order valence-corrected chi connectivity index (χ1v) is 22.6. The van der Waals surface area contributed by atoms with Crippen molar-refractivity contribution in [2.45, 2.75) is 0 Å². The van der Waals surface area contributed by atoms with E-state index in [1.165, 1.54) is 10.8 Å². The van der Waals surface area contributed by atoms with Gasteiger partial charge in [0.15, 0.2) is 17.5 Å². The smallest absolute Gasteiger partial charge is 0.170 e. The predicted molar refractivity (Wildman–Crippen MR) is 275 cm³/mol. The maximum absolute atomic E-state index is 7.01. The first kappa shape index (κ1) is 37.3. The molecule has 6 heteroatoms. The average Bonchev–Trinajstić information content (AvgIpc) is 4.06. The highest BCUT2D eigenvalue weighted by Crippen LogP contribution is 2.44. The van der Waals surface area contributed by atoms with Crippen molar-refractivity contribution in [1.82, 2.24) is 24.1 Å². The molecule has 14 aromatic rings. The molecule has 0 fully saturated rings. The second kappa shape index (κ2) is 14.7. The first-order chi connectivity index (χ1) is 33.2. The van der Waals surface area contributed by atoms with Gasteiger partial charge in [-0.3, -0.25) is 0 Å². The number of nitrogens with zero attached hydrogens (tertiary/aromatic N) is 5. The van der Waals surface area contributed by atoms with Crippen LogP contribution in [0.15, 0.2) is 229 Å². The summed E-state index contributed by atoms with van der Waals surface area (Å²) in [6.45, 7) is 0. The van der Waals surface area contributed by atoms with Crippen LogP contribution in [-0.2, 0) is 0 Å². The van der Waals surface area contributed by atoms with Crippen LogP contribution in [0.2, 0.25) is 0 Å². The van der Waals surface area contributed by atoms with E-state index in [9.17, 15) is 0 Å². The van der Waals surface area contributed by atoms with E-state index in [0.29, 0.717) is 23.1 Å². The van der Waals surface area contributed by atoms with Crippen LogP contribution in [0.4, 0.5) is 0 Å². The van der Waals surface area contributed by atoms with Gasteiger partial charge in [0, 0.05) is 49.1 Å². The molecule has 312 valence electrons. The molecule has 0 radical (unpaired) electrons. The molecule has 0 saturated heterocycles. The summed E-state index contributed by atoms with van der Waals surface area (Å²) >= 11 is 0. The highest BCUT2D eigenvalue weighted by atomic mass is 16.3. The molecule has 0 aliphatic carbocycles. The molecule has 6 nitrogen and oxygen atoms in total. The van der Waals surface area contributed by atoms with Gasteiger partial charge in [0.25, 0.3) is 0 Å². The van der Waals surface area contributed by atoms with E-state index in [4.69, 9.17) is 19.4 Å². The molecule has 0 atom stereocenters. The number of hydrogen-bond acceptors (Lipinski definition) is 4. The van der Waals surface area contributed by atoms with E-state index in [-0.39, 0.29) is 0 Å². The van der Waals surface area contributed by atoms with Gasteiger partial charge in [-0.25, -0.2) is 15.0 Å². The summed E-state index contributed by atoms with van der Waals surface area (Å²) in [5.41, 5.74) is 12.5. The molecule has 4 heterocycles. The minimum atomic E-state index is 0.510. The van der Waals surface area contributed by atoms with Gasteiger partial charge < -0.3 is 13.6 Å². The molecule has 0 amide bonds. The number of rotatable bonds is 6. The molecule has 0 aliphatic rings. The monoisotopic (exact) mass is 855 g/mol. The average molecular weight is 856 g/mol. The summed E-state index contributed by atoms with van der Waals surface area (Å²) in [7, 11) is 0. The van der Waals surface area contributed by atoms with Gasteiger partial charge in [0.05, 0.1) is 33.3 Å². The van der Waals surface area contributed by atoms with Crippen LogP contribution < -0.4 is 0 Å². The summed E-state index contributed by atoms with van der Waals surface area (Å²) in [5, 5.41) is 8.97. The van der Waals surface area contributed by atoms with Crippen LogP contribution >= 0.6 is 0 Å². The largest absolute Gasteiger partial charge is 0.455 e. The van der Waals surface area contributed by atoms with Crippen LogP contribution in [0.25, 0.3) is 133 Å². The number of aromatic nitrogens is 5.